The van der Waals surface area contributed by atoms with Gasteiger partial charge in [-0.3, -0.25) is 4.79 Å². The molecular formula is C19H29ClO2. The molecule has 0 radical (unpaired) electrons. The van der Waals surface area contributed by atoms with E-state index in [1.54, 1.807) is 18.2 Å². The second-order valence-corrected chi connectivity index (χ2v) is 6.25. The molecule has 0 amide bonds. The minimum absolute atomic E-state index is 0.148. The maximum atomic E-state index is 12.1. The van der Waals surface area contributed by atoms with Gasteiger partial charge in [0.05, 0.1) is 5.88 Å². The average Bonchev–Trinajstić information content (AvgIpc) is 2.53. The number of carbonyl (C=O) groups excluding carboxylic acids is 1. The average molecular weight is 325 g/mol. The lowest BCUT2D eigenvalue weighted by atomic mass is 10.0. The first kappa shape index (κ1) is 19.0. The molecule has 1 aromatic carbocycles. The number of phenols is 1. The van der Waals surface area contributed by atoms with Gasteiger partial charge < -0.3 is 5.11 Å². The lowest BCUT2D eigenvalue weighted by molar-refractivity contribution is 0.0979. The van der Waals surface area contributed by atoms with Crippen LogP contribution in [-0.2, 0) is 5.88 Å². The van der Waals surface area contributed by atoms with E-state index in [2.05, 4.69) is 6.92 Å². The van der Waals surface area contributed by atoms with Crippen molar-refractivity contribution in [2.75, 3.05) is 0 Å². The van der Waals surface area contributed by atoms with Gasteiger partial charge in [0.25, 0.3) is 0 Å². The number of benzene rings is 1. The van der Waals surface area contributed by atoms with Crippen molar-refractivity contribution in [3.05, 3.63) is 29.3 Å². The zero-order valence-corrected chi connectivity index (χ0v) is 14.5. The number of unbranched alkanes of at least 4 members (excludes halogenated alkanes) is 8. The summed E-state index contributed by atoms with van der Waals surface area (Å²) in [4.78, 5) is 12.1. The molecule has 0 fully saturated rings. The molecular weight excluding hydrogens is 296 g/mol. The number of Topliss-reactive ketones (excluding diaryl/α,β-unsaturated/α-hetero) is 1. The summed E-state index contributed by atoms with van der Waals surface area (Å²) < 4.78 is 0. The number of phenolic OH excluding ortho intramolecular Hbond substituents is 1. The van der Waals surface area contributed by atoms with Gasteiger partial charge in [-0.15, -0.1) is 11.6 Å². The molecule has 0 bridgehead atoms. The number of alkyl halides is 1. The molecule has 124 valence electrons. The van der Waals surface area contributed by atoms with E-state index in [-0.39, 0.29) is 17.4 Å². The number of aromatic hydroxyl groups is 1. The number of hydrogen-bond acceptors (Lipinski definition) is 2. The smallest absolute Gasteiger partial charge is 0.162 e. The molecule has 0 saturated heterocycles. The van der Waals surface area contributed by atoms with Crippen LogP contribution in [0.2, 0.25) is 0 Å². The van der Waals surface area contributed by atoms with Crippen molar-refractivity contribution in [1.82, 2.24) is 0 Å². The standard InChI is InChI=1S/C19H29ClO2/c1-2-3-4-5-6-7-8-9-10-11-18(21)16-12-13-19(22)17(14-16)15-20/h12-14,22H,2-11,15H2,1H3. The zero-order valence-electron chi connectivity index (χ0n) is 13.7. The molecule has 0 aliphatic rings. The highest BCUT2D eigenvalue weighted by molar-refractivity contribution is 6.17. The van der Waals surface area contributed by atoms with Crippen molar-refractivity contribution in [3.8, 4) is 5.75 Å². The summed E-state index contributed by atoms with van der Waals surface area (Å²) >= 11 is 5.74. The molecule has 1 aromatic rings. The number of carbonyl (C=O) groups is 1. The van der Waals surface area contributed by atoms with E-state index in [1.165, 1.54) is 44.9 Å². The first-order valence-corrected chi connectivity index (χ1v) is 9.13. The highest BCUT2D eigenvalue weighted by Crippen LogP contribution is 2.21. The van der Waals surface area contributed by atoms with Gasteiger partial charge in [0, 0.05) is 17.5 Å². The Labute approximate surface area is 139 Å². The maximum absolute atomic E-state index is 12.1. The van der Waals surface area contributed by atoms with E-state index in [9.17, 15) is 9.90 Å². The Hall–Kier alpha value is -1.02. The van der Waals surface area contributed by atoms with E-state index < -0.39 is 0 Å². The van der Waals surface area contributed by atoms with Crippen LogP contribution >= 0.6 is 11.6 Å². The fourth-order valence-electron chi connectivity index (χ4n) is 2.61. The van der Waals surface area contributed by atoms with Gasteiger partial charge in [-0.2, -0.15) is 0 Å². The van der Waals surface area contributed by atoms with Gasteiger partial charge in [0.2, 0.25) is 0 Å². The SMILES string of the molecule is CCCCCCCCCCCC(=O)c1ccc(O)c(CCl)c1. The molecule has 0 heterocycles. The summed E-state index contributed by atoms with van der Waals surface area (Å²) in [5.41, 5.74) is 1.28. The predicted octanol–water partition coefficient (Wildman–Crippen LogP) is 6.23. The Morgan fingerprint density at radius 3 is 2.18 bits per heavy atom. The van der Waals surface area contributed by atoms with E-state index in [0.29, 0.717) is 17.5 Å². The number of rotatable bonds is 12. The Kier molecular flexibility index (Phi) is 9.98. The second-order valence-electron chi connectivity index (χ2n) is 5.98. The van der Waals surface area contributed by atoms with E-state index in [0.717, 1.165) is 12.8 Å². The van der Waals surface area contributed by atoms with Crippen LogP contribution in [-0.4, -0.2) is 10.9 Å². The summed E-state index contributed by atoms with van der Waals surface area (Å²) in [6, 6.07) is 4.95. The molecule has 1 N–H and O–H groups in total. The minimum atomic E-state index is 0.148. The van der Waals surface area contributed by atoms with Crippen LogP contribution in [0.5, 0.6) is 5.75 Å². The number of hydrogen-bond donors (Lipinski definition) is 1. The monoisotopic (exact) mass is 324 g/mol. The zero-order chi connectivity index (χ0) is 16.2. The molecule has 1 rings (SSSR count). The van der Waals surface area contributed by atoms with Crippen LogP contribution in [0.15, 0.2) is 18.2 Å². The highest BCUT2D eigenvalue weighted by Gasteiger charge is 2.08. The van der Waals surface area contributed by atoms with Crippen LogP contribution in [0, 0.1) is 0 Å². The van der Waals surface area contributed by atoms with Gasteiger partial charge in [0.1, 0.15) is 5.75 Å². The molecule has 0 spiro atoms. The fraction of sp³-hybridized carbons (Fsp3) is 0.632. The van der Waals surface area contributed by atoms with E-state index >= 15 is 0 Å². The van der Waals surface area contributed by atoms with Crippen molar-refractivity contribution in [3.63, 3.8) is 0 Å². The first-order chi connectivity index (χ1) is 10.7. The van der Waals surface area contributed by atoms with E-state index in [1.807, 2.05) is 0 Å². The van der Waals surface area contributed by atoms with Crippen molar-refractivity contribution in [2.45, 2.75) is 77.0 Å². The third kappa shape index (κ3) is 7.31. The molecule has 0 aliphatic carbocycles. The summed E-state index contributed by atoms with van der Waals surface area (Å²) in [5, 5.41) is 9.57. The quantitative estimate of drug-likeness (QED) is 0.281. The topological polar surface area (TPSA) is 37.3 Å². The summed E-state index contributed by atoms with van der Waals surface area (Å²) in [6.07, 6.45) is 11.9. The minimum Gasteiger partial charge on any atom is -0.508 e. The molecule has 0 atom stereocenters. The van der Waals surface area contributed by atoms with Gasteiger partial charge >= 0.3 is 0 Å². The Bertz CT molecular complexity index is 443. The van der Waals surface area contributed by atoms with Crippen molar-refractivity contribution in [1.29, 1.82) is 0 Å². The van der Waals surface area contributed by atoms with Gasteiger partial charge in [0.15, 0.2) is 5.78 Å². The summed E-state index contributed by atoms with van der Waals surface area (Å²) in [5.74, 6) is 0.536. The molecule has 2 nitrogen and oxygen atoms in total. The summed E-state index contributed by atoms with van der Waals surface area (Å²) in [6.45, 7) is 2.24. The third-order valence-electron chi connectivity index (χ3n) is 4.05. The normalized spacial score (nSPS) is 10.8. The van der Waals surface area contributed by atoms with Crippen LogP contribution in [0.1, 0.15) is 87.1 Å². The van der Waals surface area contributed by atoms with Crippen LogP contribution in [0.25, 0.3) is 0 Å². The lowest BCUT2D eigenvalue weighted by Crippen LogP contribution is -2.00. The number of halogens is 1. The Morgan fingerprint density at radius 2 is 1.59 bits per heavy atom. The Balaban J connectivity index is 2.16. The van der Waals surface area contributed by atoms with Gasteiger partial charge in [-0.25, -0.2) is 0 Å². The van der Waals surface area contributed by atoms with E-state index in [4.69, 9.17) is 11.6 Å². The van der Waals surface area contributed by atoms with Gasteiger partial charge in [-0.05, 0) is 24.6 Å². The highest BCUT2D eigenvalue weighted by atomic mass is 35.5. The molecule has 0 unspecified atom stereocenters. The Morgan fingerprint density at radius 1 is 1.00 bits per heavy atom. The maximum Gasteiger partial charge on any atom is 0.162 e. The predicted molar refractivity (Wildman–Crippen MR) is 93.8 cm³/mol. The first-order valence-electron chi connectivity index (χ1n) is 8.60. The molecule has 3 heteroatoms. The number of ketones is 1. The summed E-state index contributed by atoms with van der Waals surface area (Å²) in [7, 11) is 0. The lowest BCUT2D eigenvalue weighted by Gasteiger charge is -2.05. The largest absolute Gasteiger partial charge is 0.508 e. The molecule has 0 aliphatic heterocycles. The second kappa shape index (κ2) is 11.5. The molecule has 22 heavy (non-hydrogen) atoms. The van der Waals surface area contributed by atoms with Crippen molar-refractivity contribution in [2.24, 2.45) is 0 Å². The third-order valence-corrected chi connectivity index (χ3v) is 4.34. The molecule has 0 aromatic heterocycles. The van der Waals surface area contributed by atoms with Crippen LogP contribution < -0.4 is 0 Å². The molecule has 0 saturated carbocycles. The van der Waals surface area contributed by atoms with Crippen LogP contribution in [0.3, 0.4) is 0 Å². The van der Waals surface area contributed by atoms with Crippen molar-refractivity contribution < 1.29 is 9.90 Å². The van der Waals surface area contributed by atoms with Gasteiger partial charge in [-0.1, -0.05) is 58.3 Å². The fourth-order valence-corrected chi connectivity index (χ4v) is 2.82. The van der Waals surface area contributed by atoms with Crippen LogP contribution in [0.4, 0.5) is 0 Å². The van der Waals surface area contributed by atoms with Crippen molar-refractivity contribution >= 4 is 17.4 Å².